The van der Waals surface area contributed by atoms with Gasteiger partial charge in [-0.25, -0.2) is 0 Å². The van der Waals surface area contributed by atoms with E-state index in [1.54, 1.807) is 59.9 Å². The average molecular weight is 660 g/mol. The van der Waals surface area contributed by atoms with Gasteiger partial charge >= 0.3 is 0 Å². The van der Waals surface area contributed by atoms with Gasteiger partial charge in [0.15, 0.2) is 10.9 Å². The zero-order valence-electron chi connectivity index (χ0n) is 23.9. The van der Waals surface area contributed by atoms with E-state index in [1.165, 1.54) is 16.8 Å². The fraction of sp³-hybridized carbons (Fsp3) is 0.200. The number of hydrazine groups is 1. The van der Waals surface area contributed by atoms with E-state index in [-0.39, 0.29) is 36.4 Å². The Bertz CT molecular complexity index is 1710. The number of nitrogens with two attached hydrogens (primary N) is 1. The van der Waals surface area contributed by atoms with Crippen LogP contribution >= 0.6 is 35.3 Å². The maximum absolute atomic E-state index is 13.2. The van der Waals surface area contributed by atoms with Crippen molar-refractivity contribution in [1.82, 2.24) is 20.0 Å². The molecule has 2 fully saturated rings. The van der Waals surface area contributed by atoms with Gasteiger partial charge in [-0.3, -0.25) is 15.0 Å². The van der Waals surface area contributed by atoms with Gasteiger partial charge in [-0.05, 0) is 102 Å². The number of thiocarbonyl (C=S) groups is 1. The van der Waals surface area contributed by atoms with E-state index in [0.29, 0.717) is 38.0 Å². The number of carbonyl (C=O) groups excluding carboxylic acids is 2. The molecule has 1 aliphatic heterocycles. The van der Waals surface area contributed by atoms with Crippen molar-refractivity contribution in [1.29, 1.82) is 0 Å². The molecule has 1 saturated carbocycles. The summed E-state index contributed by atoms with van der Waals surface area (Å²) in [6.45, 7) is -0.157. The Kier molecular flexibility index (Phi) is 9.38. The number of anilines is 6. The standard InChI is InChI=1S/C30H29N9O3S3/c31-19-5-7-21(8-6-19)32-25(40)16-42-23-11-9-22(10-12-23)34-28-35-27(33-20-3-1-2-4-20)36-29(37-28)38-39-26(41)24(45-30(39)43)15-18-13-14-44-17-18/h5-15,17,20H,1-4,16,31H2,(H,32,40)(H3,33,34,35,36,37,38)/b24-15-. The molecule has 0 unspecified atom stereocenters. The number of hydrogen-bond donors (Lipinski definition) is 5. The van der Waals surface area contributed by atoms with E-state index < -0.39 is 0 Å². The quantitative estimate of drug-likeness (QED) is 0.0743. The van der Waals surface area contributed by atoms with Crippen molar-refractivity contribution in [3.63, 3.8) is 0 Å². The van der Waals surface area contributed by atoms with Gasteiger partial charge in [0.05, 0.1) is 4.91 Å². The fourth-order valence-corrected chi connectivity index (χ4v) is 6.45. The van der Waals surface area contributed by atoms with Gasteiger partial charge in [0.25, 0.3) is 11.8 Å². The third kappa shape index (κ3) is 8.06. The van der Waals surface area contributed by atoms with Crippen LogP contribution in [0.1, 0.15) is 31.2 Å². The molecule has 0 spiro atoms. The molecule has 15 heteroatoms. The highest BCUT2D eigenvalue weighted by Gasteiger charge is 2.33. The Morgan fingerprint density at radius 2 is 1.71 bits per heavy atom. The Labute approximate surface area is 272 Å². The Morgan fingerprint density at radius 1 is 1.00 bits per heavy atom. The Balaban J connectivity index is 1.12. The van der Waals surface area contributed by atoms with Crippen LogP contribution in [-0.4, -0.2) is 48.7 Å². The minimum absolute atomic E-state index is 0.157. The van der Waals surface area contributed by atoms with Crippen molar-refractivity contribution in [2.24, 2.45) is 0 Å². The van der Waals surface area contributed by atoms with Crippen LogP contribution in [0.15, 0.2) is 70.3 Å². The molecule has 6 rings (SSSR count). The molecule has 2 amide bonds. The summed E-state index contributed by atoms with van der Waals surface area (Å²) >= 11 is 8.25. The molecule has 45 heavy (non-hydrogen) atoms. The van der Waals surface area contributed by atoms with Gasteiger partial charge < -0.3 is 26.4 Å². The van der Waals surface area contributed by atoms with Gasteiger partial charge in [-0.15, -0.1) is 0 Å². The van der Waals surface area contributed by atoms with E-state index in [9.17, 15) is 9.59 Å². The second-order valence-electron chi connectivity index (χ2n) is 10.2. The van der Waals surface area contributed by atoms with Crippen LogP contribution in [0.5, 0.6) is 5.75 Å². The van der Waals surface area contributed by atoms with Crippen molar-refractivity contribution in [3.05, 3.63) is 75.8 Å². The third-order valence-corrected chi connectivity index (χ3v) is 8.85. The van der Waals surface area contributed by atoms with Crippen molar-refractivity contribution in [2.75, 3.05) is 33.7 Å². The number of ether oxygens (including phenoxy) is 1. The van der Waals surface area contributed by atoms with Gasteiger partial charge in [-0.2, -0.15) is 31.3 Å². The van der Waals surface area contributed by atoms with E-state index in [4.69, 9.17) is 22.7 Å². The molecule has 0 bridgehead atoms. The maximum Gasteiger partial charge on any atom is 0.285 e. The van der Waals surface area contributed by atoms with Gasteiger partial charge in [0.2, 0.25) is 17.8 Å². The van der Waals surface area contributed by atoms with Crippen LogP contribution in [0, 0.1) is 0 Å². The summed E-state index contributed by atoms with van der Waals surface area (Å²) < 4.78 is 5.98. The molecule has 1 saturated heterocycles. The topological polar surface area (TPSA) is 159 Å². The molecule has 0 atom stereocenters. The van der Waals surface area contributed by atoms with Crippen LogP contribution in [0.2, 0.25) is 0 Å². The van der Waals surface area contributed by atoms with Gasteiger partial charge in [0.1, 0.15) is 5.75 Å². The summed E-state index contributed by atoms with van der Waals surface area (Å²) in [4.78, 5) is 39.5. The average Bonchev–Trinajstić information content (AvgIpc) is 3.79. The number of benzene rings is 2. The molecular weight excluding hydrogens is 631 g/mol. The third-order valence-electron chi connectivity index (χ3n) is 6.85. The lowest BCUT2D eigenvalue weighted by atomic mass is 10.2. The second-order valence-corrected chi connectivity index (χ2v) is 12.7. The number of nitrogens with zero attached hydrogens (tertiary/aromatic N) is 4. The first kappa shape index (κ1) is 30.3. The number of nitrogens with one attached hydrogen (secondary N) is 4. The minimum atomic E-state index is -0.294. The molecule has 0 radical (unpaired) electrons. The van der Waals surface area contributed by atoms with E-state index in [2.05, 4.69) is 36.3 Å². The second kappa shape index (κ2) is 13.9. The zero-order chi connectivity index (χ0) is 31.2. The molecule has 2 aromatic carbocycles. The van der Waals surface area contributed by atoms with Crippen molar-refractivity contribution in [2.45, 2.75) is 31.7 Å². The number of hydrogen-bond acceptors (Lipinski definition) is 13. The predicted octanol–water partition coefficient (Wildman–Crippen LogP) is 5.86. The first-order valence-corrected chi connectivity index (χ1v) is 16.3. The highest BCUT2D eigenvalue weighted by Crippen LogP contribution is 2.33. The number of aromatic nitrogens is 3. The van der Waals surface area contributed by atoms with Gasteiger partial charge in [-0.1, -0.05) is 24.6 Å². The van der Waals surface area contributed by atoms with Crippen LogP contribution in [-0.2, 0) is 9.59 Å². The lowest BCUT2D eigenvalue weighted by Crippen LogP contribution is -2.35. The summed E-state index contributed by atoms with van der Waals surface area (Å²) in [6, 6.07) is 16.1. The van der Waals surface area contributed by atoms with Crippen LogP contribution in [0.4, 0.5) is 34.9 Å². The zero-order valence-corrected chi connectivity index (χ0v) is 26.3. The Morgan fingerprint density at radius 3 is 2.44 bits per heavy atom. The molecule has 3 heterocycles. The minimum Gasteiger partial charge on any atom is -0.484 e. The largest absolute Gasteiger partial charge is 0.484 e. The SMILES string of the molecule is Nc1ccc(NC(=O)COc2ccc(Nc3nc(NC4CCCC4)nc(NN4C(=O)/C(=C/c5ccsc5)SC4=S)n3)cc2)cc1. The summed E-state index contributed by atoms with van der Waals surface area (Å²) in [5.41, 5.74) is 11.5. The number of rotatable bonds is 11. The number of thiophene rings is 1. The summed E-state index contributed by atoms with van der Waals surface area (Å²) in [7, 11) is 0. The Hall–Kier alpha value is -4.73. The molecule has 2 aliphatic rings. The lowest BCUT2D eigenvalue weighted by molar-refractivity contribution is -0.121. The van der Waals surface area contributed by atoms with E-state index >= 15 is 0 Å². The van der Waals surface area contributed by atoms with Crippen molar-refractivity contribution < 1.29 is 14.3 Å². The van der Waals surface area contributed by atoms with Crippen LogP contribution in [0.25, 0.3) is 6.08 Å². The van der Waals surface area contributed by atoms with E-state index in [1.807, 2.05) is 22.9 Å². The molecule has 230 valence electrons. The summed E-state index contributed by atoms with van der Waals surface area (Å²) in [6.07, 6.45) is 6.15. The van der Waals surface area contributed by atoms with E-state index in [0.717, 1.165) is 31.2 Å². The molecule has 6 N–H and O–H groups in total. The van der Waals surface area contributed by atoms with Crippen LogP contribution in [0.3, 0.4) is 0 Å². The molecule has 1 aliphatic carbocycles. The monoisotopic (exact) mass is 659 g/mol. The van der Waals surface area contributed by atoms with Crippen molar-refractivity contribution >= 4 is 92.4 Å². The first-order valence-electron chi connectivity index (χ1n) is 14.1. The van der Waals surface area contributed by atoms with Gasteiger partial charge in [0, 0.05) is 23.1 Å². The number of carbonyl (C=O) groups is 2. The predicted molar refractivity (Wildman–Crippen MR) is 183 cm³/mol. The highest BCUT2D eigenvalue weighted by atomic mass is 32.2. The maximum atomic E-state index is 13.2. The molecule has 12 nitrogen and oxygen atoms in total. The summed E-state index contributed by atoms with van der Waals surface area (Å²) in [5, 5.41) is 14.5. The number of amides is 2. The number of nitrogen functional groups attached to an aromatic ring is 1. The highest BCUT2D eigenvalue weighted by molar-refractivity contribution is 8.26. The molecular formula is C30H29N9O3S3. The summed E-state index contributed by atoms with van der Waals surface area (Å²) in [5.74, 6) is 0.747. The smallest absolute Gasteiger partial charge is 0.285 e. The molecule has 2 aromatic heterocycles. The lowest BCUT2D eigenvalue weighted by Gasteiger charge is -2.18. The van der Waals surface area contributed by atoms with Crippen molar-refractivity contribution in [3.8, 4) is 5.75 Å². The molecule has 4 aromatic rings. The normalized spacial score (nSPS) is 15.8. The fourth-order valence-electron chi connectivity index (χ4n) is 4.65. The van der Waals surface area contributed by atoms with Crippen LogP contribution < -0.4 is 31.8 Å². The number of thioether (sulfide) groups is 1. The first-order chi connectivity index (χ1) is 21.9.